The minimum Gasteiger partial charge on any atom is -0.481 e. The molecule has 0 fully saturated rings. The van der Waals surface area contributed by atoms with Gasteiger partial charge in [-0.05, 0) is 19.8 Å². The Morgan fingerprint density at radius 2 is 2.29 bits per heavy atom. The first kappa shape index (κ1) is 14.1. The number of aliphatic carboxylic acids is 1. The Kier molecular flexibility index (Phi) is 6.15. The van der Waals surface area contributed by atoms with E-state index in [1.54, 1.807) is 18.3 Å². The molecule has 0 saturated heterocycles. The molecule has 1 rings (SSSR count). The number of carbonyl (C=O) groups is 1. The van der Waals surface area contributed by atoms with E-state index in [0.717, 1.165) is 31.5 Å². The largest absolute Gasteiger partial charge is 0.481 e. The zero-order chi connectivity index (χ0) is 12.7. The van der Waals surface area contributed by atoms with Crippen LogP contribution in [0, 0.1) is 5.92 Å². The van der Waals surface area contributed by atoms with Gasteiger partial charge in [0.15, 0.2) is 0 Å². The van der Waals surface area contributed by atoms with Crippen molar-refractivity contribution in [3.05, 3.63) is 16.6 Å². The fraction of sp³-hybridized carbons (Fsp3) is 0.667. The summed E-state index contributed by atoms with van der Waals surface area (Å²) in [6, 6.07) is 0.401. The van der Waals surface area contributed by atoms with Gasteiger partial charge in [-0.1, -0.05) is 13.3 Å². The van der Waals surface area contributed by atoms with Crippen LogP contribution in [-0.2, 0) is 11.3 Å². The molecule has 0 aromatic carbocycles. The van der Waals surface area contributed by atoms with Gasteiger partial charge in [0, 0.05) is 18.0 Å². The molecule has 5 heteroatoms. The predicted octanol–water partition coefficient (Wildman–Crippen LogP) is 2.51. The summed E-state index contributed by atoms with van der Waals surface area (Å²) in [4.78, 5) is 14.8. The van der Waals surface area contributed by atoms with Gasteiger partial charge in [0.2, 0.25) is 0 Å². The summed E-state index contributed by atoms with van der Waals surface area (Å²) >= 11 is 1.60. The van der Waals surface area contributed by atoms with Crippen LogP contribution in [-0.4, -0.2) is 22.1 Å². The first-order valence-electron chi connectivity index (χ1n) is 5.93. The number of rotatable bonds is 8. The number of carboxylic acids is 1. The van der Waals surface area contributed by atoms with Crippen molar-refractivity contribution in [2.24, 2.45) is 5.92 Å². The molecule has 1 aromatic rings. The molecule has 96 valence electrons. The minimum absolute atomic E-state index is 0.235. The normalized spacial score (nSPS) is 14.5. The number of hydrogen-bond donors (Lipinski definition) is 2. The number of hydrogen-bond acceptors (Lipinski definition) is 4. The van der Waals surface area contributed by atoms with E-state index in [1.165, 1.54) is 0 Å². The molecule has 0 aliphatic heterocycles. The number of carboxylic acid groups (broad SMARTS) is 1. The molecule has 4 nitrogen and oxygen atoms in total. The SMILES string of the molecule is CC(CCCC(C)C(=O)O)NCc1cscn1. The Hall–Kier alpha value is -0.940. The van der Waals surface area contributed by atoms with Gasteiger partial charge in [-0.25, -0.2) is 4.98 Å². The van der Waals surface area contributed by atoms with Crippen molar-refractivity contribution in [3.8, 4) is 0 Å². The van der Waals surface area contributed by atoms with E-state index in [1.807, 2.05) is 10.9 Å². The molecule has 0 saturated carbocycles. The quantitative estimate of drug-likeness (QED) is 0.750. The summed E-state index contributed by atoms with van der Waals surface area (Å²) in [7, 11) is 0. The summed E-state index contributed by atoms with van der Waals surface area (Å²) in [6.45, 7) is 4.67. The first-order valence-corrected chi connectivity index (χ1v) is 6.87. The van der Waals surface area contributed by atoms with Crippen molar-refractivity contribution in [2.75, 3.05) is 0 Å². The maximum atomic E-state index is 10.6. The molecular weight excluding hydrogens is 236 g/mol. The van der Waals surface area contributed by atoms with Crippen molar-refractivity contribution in [3.63, 3.8) is 0 Å². The molecule has 17 heavy (non-hydrogen) atoms. The average Bonchev–Trinajstić information content (AvgIpc) is 2.78. The number of thiazole rings is 1. The van der Waals surface area contributed by atoms with Crippen molar-refractivity contribution in [1.29, 1.82) is 0 Å². The van der Waals surface area contributed by atoms with E-state index >= 15 is 0 Å². The Bertz CT molecular complexity index is 327. The van der Waals surface area contributed by atoms with Crippen LogP contribution in [0.4, 0.5) is 0 Å². The third-order valence-electron chi connectivity index (χ3n) is 2.81. The third kappa shape index (κ3) is 5.79. The minimum atomic E-state index is -0.701. The van der Waals surface area contributed by atoms with Crippen molar-refractivity contribution in [1.82, 2.24) is 10.3 Å². The molecular formula is C12H20N2O2S. The summed E-state index contributed by atoms with van der Waals surface area (Å²) in [5.41, 5.74) is 2.90. The van der Waals surface area contributed by atoms with E-state index < -0.39 is 5.97 Å². The topological polar surface area (TPSA) is 62.2 Å². The second-order valence-corrected chi connectivity index (χ2v) is 5.15. The number of nitrogens with one attached hydrogen (secondary N) is 1. The molecule has 2 atom stereocenters. The lowest BCUT2D eigenvalue weighted by atomic mass is 10.0. The summed E-state index contributed by atoms with van der Waals surface area (Å²) in [5, 5.41) is 14.2. The monoisotopic (exact) mass is 256 g/mol. The summed E-state index contributed by atoms with van der Waals surface area (Å²) in [6.07, 6.45) is 2.69. The fourth-order valence-corrected chi connectivity index (χ4v) is 2.12. The Morgan fingerprint density at radius 1 is 1.53 bits per heavy atom. The molecule has 0 aliphatic rings. The van der Waals surface area contributed by atoms with Crippen LogP contribution >= 0.6 is 11.3 Å². The van der Waals surface area contributed by atoms with Gasteiger partial charge >= 0.3 is 5.97 Å². The predicted molar refractivity (Wildman–Crippen MR) is 69.1 cm³/mol. The Morgan fingerprint density at radius 3 is 2.88 bits per heavy atom. The molecule has 0 radical (unpaired) electrons. The molecule has 0 bridgehead atoms. The van der Waals surface area contributed by atoms with Gasteiger partial charge in [-0.3, -0.25) is 4.79 Å². The van der Waals surface area contributed by atoms with Crippen LogP contribution in [0.5, 0.6) is 0 Å². The van der Waals surface area contributed by atoms with Gasteiger partial charge in [0.25, 0.3) is 0 Å². The third-order valence-corrected chi connectivity index (χ3v) is 3.45. The van der Waals surface area contributed by atoms with Gasteiger partial charge in [0.05, 0.1) is 17.1 Å². The van der Waals surface area contributed by atoms with Crippen molar-refractivity contribution < 1.29 is 9.90 Å². The number of nitrogens with zero attached hydrogens (tertiary/aromatic N) is 1. The highest BCUT2D eigenvalue weighted by Crippen LogP contribution is 2.10. The van der Waals surface area contributed by atoms with Crippen LogP contribution in [0.25, 0.3) is 0 Å². The molecule has 2 N–H and O–H groups in total. The van der Waals surface area contributed by atoms with E-state index in [4.69, 9.17) is 5.11 Å². The maximum Gasteiger partial charge on any atom is 0.306 e. The van der Waals surface area contributed by atoms with E-state index in [-0.39, 0.29) is 5.92 Å². The maximum absolute atomic E-state index is 10.6. The molecule has 2 unspecified atom stereocenters. The van der Waals surface area contributed by atoms with Crippen LogP contribution in [0.1, 0.15) is 38.8 Å². The lowest BCUT2D eigenvalue weighted by Crippen LogP contribution is -2.25. The molecule has 0 amide bonds. The number of aromatic nitrogens is 1. The lowest BCUT2D eigenvalue weighted by Gasteiger charge is -2.13. The van der Waals surface area contributed by atoms with Crippen molar-refractivity contribution in [2.45, 2.75) is 45.7 Å². The summed E-state index contributed by atoms with van der Waals surface area (Å²) < 4.78 is 0. The molecule has 1 aromatic heterocycles. The van der Waals surface area contributed by atoms with Gasteiger partial charge in [-0.15, -0.1) is 11.3 Å². The average molecular weight is 256 g/mol. The smallest absolute Gasteiger partial charge is 0.306 e. The zero-order valence-corrected chi connectivity index (χ0v) is 11.2. The van der Waals surface area contributed by atoms with E-state index in [2.05, 4.69) is 17.2 Å². The molecule has 0 aliphatic carbocycles. The second kappa shape index (κ2) is 7.40. The van der Waals surface area contributed by atoms with Gasteiger partial charge < -0.3 is 10.4 Å². The molecule has 0 spiro atoms. The first-order chi connectivity index (χ1) is 8.09. The fourth-order valence-electron chi connectivity index (χ4n) is 1.56. The lowest BCUT2D eigenvalue weighted by molar-refractivity contribution is -0.141. The van der Waals surface area contributed by atoms with Crippen molar-refractivity contribution >= 4 is 17.3 Å². The highest BCUT2D eigenvalue weighted by atomic mass is 32.1. The van der Waals surface area contributed by atoms with Crippen LogP contribution < -0.4 is 5.32 Å². The zero-order valence-electron chi connectivity index (χ0n) is 10.3. The Balaban J connectivity index is 2.09. The van der Waals surface area contributed by atoms with E-state index in [9.17, 15) is 4.79 Å². The highest BCUT2D eigenvalue weighted by molar-refractivity contribution is 7.07. The van der Waals surface area contributed by atoms with Crippen LogP contribution in [0.15, 0.2) is 10.9 Å². The highest BCUT2D eigenvalue weighted by Gasteiger charge is 2.11. The van der Waals surface area contributed by atoms with Gasteiger partial charge in [0.1, 0.15) is 0 Å². The summed E-state index contributed by atoms with van der Waals surface area (Å²) in [5.74, 6) is -0.936. The standard InChI is InChI=1S/C12H20N2O2S/c1-9(12(15)16)4-3-5-10(2)13-6-11-7-17-8-14-11/h7-10,13H,3-6H2,1-2H3,(H,15,16). The van der Waals surface area contributed by atoms with Crippen LogP contribution in [0.3, 0.4) is 0 Å². The Labute approximate surface area is 106 Å². The van der Waals surface area contributed by atoms with Gasteiger partial charge in [-0.2, -0.15) is 0 Å². The van der Waals surface area contributed by atoms with E-state index in [0.29, 0.717) is 6.04 Å². The second-order valence-electron chi connectivity index (χ2n) is 4.43. The molecule has 1 heterocycles. The van der Waals surface area contributed by atoms with Crippen LogP contribution in [0.2, 0.25) is 0 Å².